The van der Waals surface area contributed by atoms with Gasteiger partial charge in [0, 0.05) is 53.4 Å². The summed E-state index contributed by atoms with van der Waals surface area (Å²) < 4.78 is 1.56. The van der Waals surface area contributed by atoms with Crippen LogP contribution < -0.4 is 25.3 Å². The molecule has 0 radical (unpaired) electrons. The fourth-order valence-electron chi connectivity index (χ4n) is 7.97. The van der Waals surface area contributed by atoms with Crippen molar-refractivity contribution in [3.05, 3.63) is 126 Å². The fraction of sp³-hybridized carbons (Fsp3) is 0.302. The molecule has 56 heavy (non-hydrogen) atoms. The number of hydrogen-bond acceptors (Lipinski definition) is 7. The van der Waals surface area contributed by atoms with Crippen molar-refractivity contribution in [2.24, 2.45) is 0 Å². The second kappa shape index (κ2) is 16.1. The maximum Gasteiger partial charge on any atom is 0.412 e. The lowest BCUT2D eigenvalue weighted by Gasteiger charge is -2.42. The molecule has 5 aromatic rings. The monoisotopic (exact) mass is 754 g/mol. The molecule has 1 aromatic heterocycles. The summed E-state index contributed by atoms with van der Waals surface area (Å²) in [7, 11) is 0. The zero-order valence-electron chi connectivity index (χ0n) is 31.9. The third kappa shape index (κ3) is 7.57. The molecule has 0 spiro atoms. The van der Waals surface area contributed by atoms with E-state index in [9.17, 15) is 24.3 Å². The van der Waals surface area contributed by atoms with Crippen molar-refractivity contribution in [3.8, 4) is 0 Å². The summed E-state index contributed by atoms with van der Waals surface area (Å²) in [6.07, 6.45) is 2.52. The average molecular weight is 755 g/mol. The Morgan fingerprint density at radius 3 is 1.95 bits per heavy atom. The number of nitrogens with zero attached hydrogens (tertiary/aromatic N) is 6. The number of anilines is 5. The quantitative estimate of drug-likeness (QED) is 0.130. The normalized spacial score (nSPS) is 18.7. The van der Waals surface area contributed by atoms with Gasteiger partial charge >= 0.3 is 6.09 Å². The van der Waals surface area contributed by atoms with Crippen LogP contribution in [0.3, 0.4) is 0 Å². The van der Waals surface area contributed by atoms with E-state index in [0.29, 0.717) is 37.2 Å². The van der Waals surface area contributed by atoms with Crippen LogP contribution in [0, 0.1) is 0 Å². The topological polar surface area (TPSA) is 153 Å². The van der Waals surface area contributed by atoms with Gasteiger partial charge in [-0.15, -0.1) is 5.10 Å². The van der Waals surface area contributed by atoms with Gasteiger partial charge in [0.15, 0.2) is 5.69 Å². The van der Waals surface area contributed by atoms with Gasteiger partial charge in [0.05, 0.1) is 24.8 Å². The molecule has 2 aliphatic heterocycles. The van der Waals surface area contributed by atoms with E-state index < -0.39 is 18.0 Å². The van der Waals surface area contributed by atoms with Crippen molar-refractivity contribution in [3.63, 3.8) is 0 Å². The molecule has 288 valence electrons. The van der Waals surface area contributed by atoms with E-state index in [4.69, 9.17) is 0 Å². The van der Waals surface area contributed by atoms with Crippen LogP contribution in [0.5, 0.6) is 0 Å². The molecule has 7 rings (SSSR count). The van der Waals surface area contributed by atoms with Gasteiger partial charge in [-0.1, -0.05) is 67.6 Å². The molecule has 4 atom stereocenters. The van der Waals surface area contributed by atoms with Crippen molar-refractivity contribution in [1.29, 1.82) is 0 Å². The van der Waals surface area contributed by atoms with Gasteiger partial charge in [0.1, 0.15) is 0 Å². The van der Waals surface area contributed by atoms with Crippen molar-refractivity contribution in [2.75, 3.05) is 25.3 Å². The van der Waals surface area contributed by atoms with Gasteiger partial charge in [-0.2, -0.15) is 0 Å². The average Bonchev–Trinajstić information content (AvgIpc) is 3.67. The van der Waals surface area contributed by atoms with Crippen LogP contribution in [0.25, 0.3) is 0 Å². The van der Waals surface area contributed by atoms with Gasteiger partial charge in [-0.3, -0.25) is 19.3 Å². The van der Waals surface area contributed by atoms with Crippen LogP contribution in [0.4, 0.5) is 33.2 Å². The Labute approximate surface area is 325 Å². The molecule has 0 saturated heterocycles. The van der Waals surface area contributed by atoms with Crippen molar-refractivity contribution < 1.29 is 24.3 Å². The summed E-state index contributed by atoms with van der Waals surface area (Å²) in [4.78, 5) is 56.4. The summed E-state index contributed by atoms with van der Waals surface area (Å²) in [6.45, 7) is 8.05. The third-order valence-corrected chi connectivity index (χ3v) is 10.6. The molecule has 4 amide bonds. The second-order valence-corrected chi connectivity index (χ2v) is 14.4. The smallest absolute Gasteiger partial charge is 0.412 e. The maximum atomic E-state index is 13.1. The highest BCUT2D eigenvalue weighted by Crippen LogP contribution is 2.43. The number of para-hydroxylation sites is 2. The highest BCUT2D eigenvalue weighted by Gasteiger charge is 2.38. The minimum absolute atomic E-state index is 0.00226. The number of carbonyl (C=O) groups is 4. The van der Waals surface area contributed by atoms with Gasteiger partial charge in [-0.05, 0) is 91.9 Å². The van der Waals surface area contributed by atoms with Gasteiger partial charge < -0.3 is 25.5 Å². The number of hydrogen-bond donors (Lipinski definition) is 3. The number of carboxylic acid groups (broad SMARTS) is 1. The summed E-state index contributed by atoms with van der Waals surface area (Å²) in [5, 5.41) is 25.1. The highest BCUT2D eigenvalue weighted by molar-refractivity contribution is 6.02. The molecule has 3 N–H and O–H groups in total. The number of fused-ring (bicyclic) bond motifs is 2. The molecule has 4 aromatic carbocycles. The zero-order chi connectivity index (χ0) is 39.5. The number of aromatic nitrogens is 3. The molecular formula is C43H46N8O5. The zero-order valence-corrected chi connectivity index (χ0v) is 31.9. The predicted octanol–water partition coefficient (Wildman–Crippen LogP) is 8.03. The van der Waals surface area contributed by atoms with E-state index in [1.54, 1.807) is 27.9 Å². The molecular weight excluding hydrogens is 709 g/mol. The predicted molar refractivity (Wildman–Crippen MR) is 216 cm³/mol. The van der Waals surface area contributed by atoms with Crippen LogP contribution in [0.2, 0.25) is 0 Å². The Morgan fingerprint density at radius 2 is 1.32 bits per heavy atom. The van der Waals surface area contributed by atoms with Crippen LogP contribution in [-0.4, -0.2) is 56.0 Å². The van der Waals surface area contributed by atoms with Crippen LogP contribution in [0.1, 0.15) is 92.6 Å². The fourth-order valence-corrected chi connectivity index (χ4v) is 7.97. The molecule has 13 heteroatoms. The number of nitrogens with one attached hydrogen (secondary N) is 2. The lowest BCUT2D eigenvalue weighted by Crippen LogP contribution is -2.47. The first-order chi connectivity index (χ1) is 27.1. The Morgan fingerprint density at radius 1 is 0.750 bits per heavy atom. The Hall–Kier alpha value is -6.50. The summed E-state index contributed by atoms with van der Waals surface area (Å²) in [5.41, 5.74) is 6.54. The highest BCUT2D eigenvalue weighted by atomic mass is 16.4. The standard InChI is InChI=1S/C43H46N8O5/c1-5-40(52)49-27(3)23-35(33-11-7-9-13-37(33)49)44-30-17-19-31(20-18-30)45-42(54)36-26-48(47-46-36)25-29-15-21-32(22-16-29)51(43(55)56)39-24-28(4)50(41(53)6-2)38-14-10-8-12-34(38)39/h7-22,26-28,35,39,44H,5-6,23-25H2,1-4H3,(H,45,54)(H,55,56)/t27-,28-,35+,39+/m0/s1. The van der Waals surface area contributed by atoms with E-state index in [2.05, 4.69) is 33.9 Å². The molecule has 0 fully saturated rings. The summed E-state index contributed by atoms with van der Waals surface area (Å²) in [6, 6.07) is 29.6. The number of benzene rings is 4. The Balaban J connectivity index is 0.982. The second-order valence-electron chi connectivity index (χ2n) is 14.4. The first-order valence-corrected chi connectivity index (χ1v) is 19.1. The van der Waals surface area contributed by atoms with Crippen LogP contribution >= 0.6 is 0 Å². The van der Waals surface area contributed by atoms with E-state index in [0.717, 1.165) is 40.2 Å². The first kappa shape index (κ1) is 37.8. The molecule has 0 aliphatic carbocycles. The largest absolute Gasteiger partial charge is 0.465 e. The molecule has 2 aliphatic rings. The van der Waals surface area contributed by atoms with E-state index >= 15 is 0 Å². The van der Waals surface area contributed by atoms with Gasteiger partial charge in [0.25, 0.3) is 5.91 Å². The van der Waals surface area contributed by atoms with Gasteiger partial charge in [-0.25, -0.2) is 9.48 Å². The van der Waals surface area contributed by atoms with E-state index in [-0.39, 0.29) is 35.6 Å². The van der Waals surface area contributed by atoms with Crippen molar-refractivity contribution in [1.82, 2.24) is 15.0 Å². The summed E-state index contributed by atoms with van der Waals surface area (Å²) >= 11 is 0. The summed E-state index contributed by atoms with van der Waals surface area (Å²) in [5.74, 6) is -0.289. The minimum atomic E-state index is -1.08. The van der Waals surface area contributed by atoms with E-state index in [1.165, 1.54) is 4.90 Å². The molecule has 0 saturated carbocycles. The van der Waals surface area contributed by atoms with Crippen molar-refractivity contribution >= 4 is 52.3 Å². The van der Waals surface area contributed by atoms with Crippen LogP contribution in [0.15, 0.2) is 103 Å². The SMILES string of the molecule is CCC(=O)N1c2ccccc2[C@H](N(C(=O)O)c2ccc(Cn3cc(C(=O)Nc4ccc(N[C@@H]5C[C@H](C)N(C(=O)CC)c6ccccc65)cc4)nn3)cc2)C[C@@H]1C. The van der Waals surface area contributed by atoms with Crippen LogP contribution in [-0.2, 0) is 16.1 Å². The minimum Gasteiger partial charge on any atom is -0.465 e. The lowest BCUT2D eigenvalue weighted by molar-refractivity contribution is -0.119. The Bertz CT molecular complexity index is 2240. The number of rotatable bonds is 10. The maximum absolute atomic E-state index is 13.1. The third-order valence-electron chi connectivity index (χ3n) is 10.6. The van der Waals surface area contributed by atoms with Gasteiger partial charge in [0.2, 0.25) is 11.8 Å². The number of amides is 4. The number of carbonyl (C=O) groups excluding carboxylic acids is 3. The first-order valence-electron chi connectivity index (χ1n) is 19.1. The Kier molecular flexibility index (Phi) is 10.9. The lowest BCUT2D eigenvalue weighted by atomic mass is 9.90. The molecule has 0 unspecified atom stereocenters. The van der Waals surface area contributed by atoms with Crippen molar-refractivity contribution in [2.45, 2.75) is 84.1 Å². The molecule has 0 bridgehead atoms. The molecule has 13 nitrogen and oxygen atoms in total. The van der Waals surface area contributed by atoms with E-state index in [1.807, 2.05) is 105 Å². The molecule has 3 heterocycles.